The Balaban J connectivity index is 1.98. The molecule has 1 fully saturated rings. The van der Waals surface area contributed by atoms with Crippen molar-refractivity contribution < 1.29 is 30.7 Å². The zero-order valence-electron chi connectivity index (χ0n) is 20.3. The summed E-state index contributed by atoms with van der Waals surface area (Å²) in [5, 5.41) is -0.523. The van der Waals surface area contributed by atoms with E-state index >= 15 is 4.39 Å². The minimum absolute atomic E-state index is 0.109. The maximum absolute atomic E-state index is 15.4. The van der Waals surface area contributed by atoms with Crippen molar-refractivity contribution in [3.63, 3.8) is 0 Å². The second-order valence-corrected chi connectivity index (χ2v) is 10.9. The molecule has 0 N–H and O–H groups in total. The predicted molar refractivity (Wildman–Crippen MR) is 140 cm³/mol. The van der Waals surface area contributed by atoms with E-state index in [0.29, 0.717) is 41.2 Å². The monoisotopic (exact) mass is 598 g/mol. The van der Waals surface area contributed by atoms with Crippen LogP contribution in [0.4, 0.5) is 30.7 Å². The zero-order valence-corrected chi connectivity index (χ0v) is 22.5. The summed E-state index contributed by atoms with van der Waals surface area (Å²) in [6, 6.07) is 6.27. The van der Waals surface area contributed by atoms with Gasteiger partial charge >= 0.3 is 12.4 Å². The molecule has 10 heteroatoms. The molecule has 0 aliphatic heterocycles. The summed E-state index contributed by atoms with van der Waals surface area (Å²) in [5.41, 5.74) is 1.25. The number of allylic oxidation sites excluding steroid dienone is 3. The van der Waals surface area contributed by atoms with E-state index in [0.717, 1.165) is 12.1 Å². The highest BCUT2D eigenvalue weighted by molar-refractivity contribution is 6.48. The van der Waals surface area contributed by atoms with E-state index in [1.807, 2.05) is 0 Å². The average Bonchev–Trinajstić information content (AvgIpc) is 3.58. The summed E-state index contributed by atoms with van der Waals surface area (Å²) in [4.78, 5) is 0. The van der Waals surface area contributed by atoms with Crippen LogP contribution in [0, 0.1) is 5.41 Å². The van der Waals surface area contributed by atoms with Crippen LogP contribution >= 0.6 is 34.8 Å². The normalized spacial score (nSPS) is 16.3. The Labute approximate surface area is 231 Å². The highest BCUT2D eigenvalue weighted by Crippen LogP contribution is 2.56. The molecule has 0 aromatic heterocycles. The van der Waals surface area contributed by atoms with Crippen molar-refractivity contribution in [1.82, 2.24) is 0 Å². The number of hydrogen-bond donors (Lipinski definition) is 0. The van der Waals surface area contributed by atoms with Gasteiger partial charge in [-0.2, -0.15) is 26.3 Å². The van der Waals surface area contributed by atoms with Crippen molar-refractivity contribution in [2.75, 3.05) is 0 Å². The van der Waals surface area contributed by atoms with Gasteiger partial charge in [0.1, 0.15) is 11.7 Å². The number of benzene rings is 2. The standard InChI is InChI=1S/C28H24Cl3F7/c1-15(2)20-5-4-17(10-19(20)14-26(8-9-26)16(3)6-7-27(33,34)35)24(32)13-21(28(36,37)38)18-11-22(29)25(31)23(30)12-18/h4-5,10-13,21H,1,3,6-9,14H2,2H3/b24-13-. The Morgan fingerprint density at radius 3 is 2.05 bits per heavy atom. The van der Waals surface area contributed by atoms with E-state index in [9.17, 15) is 26.3 Å². The van der Waals surface area contributed by atoms with Crippen molar-refractivity contribution in [3.8, 4) is 0 Å². The molecular formula is C28H24Cl3F7. The van der Waals surface area contributed by atoms with Crippen LogP contribution in [0.5, 0.6) is 0 Å². The van der Waals surface area contributed by atoms with Gasteiger partial charge in [-0.1, -0.05) is 71.2 Å². The maximum atomic E-state index is 15.4. The van der Waals surface area contributed by atoms with Crippen LogP contribution in [-0.4, -0.2) is 12.4 Å². The van der Waals surface area contributed by atoms with Gasteiger partial charge in [-0.3, -0.25) is 0 Å². The number of rotatable bonds is 9. The van der Waals surface area contributed by atoms with Crippen LogP contribution in [0.15, 0.2) is 55.1 Å². The lowest BCUT2D eigenvalue weighted by atomic mass is 9.83. The zero-order chi connectivity index (χ0) is 28.6. The Bertz CT molecular complexity index is 1250. The fourth-order valence-corrected chi connectivity index (χ4v) is 5.02. The van der Waals surface area contributed by atoms with Crippen molar-refractivity contribution in [3.05, 3.63) is 92.5 Å². The molecule has 2 aromatic rings. The quantitative estimate of drug-likeness (QED) is 0.153. The van der Waals surface area contributed by atoms with E-state index in [4.69, 9.17) is 34.8 Å². The fourth-order valence-electron chi connectivity index (χ4n) is 4.41. The van der Waals surface area contributed by atoms with Crippen molar-refractivity contribution >= 4 is 46.2 Å². The predicted octanol–water partition coefficient (Wildman–Crippen LogP) is 11.6. The van der Waals surface area contributed by atoms with Crippen LogP contribution in [0.3, 0.4) is 0 Å². The topological polar surface area (TPSA) is 0 Å². The summed E-state index contributed by atoms with van der Waals surface area (Å²) in [5.74, 6) is -3.50. The van der Waals surface area contributed by atoms with Gasteiger partial charge in [0.15, 0.2) is 0 Å². The summed E-state index contributed by atoms with van der Waals surface area (Å²) in [6.45, 7) is 9.50. The SMILES string of the molecule is C=C(C)c1ccc(/C(F)=C/C(c2cc(Cl)c(Cl)c(Cl)c2)C(F)(F)F)cc1CC1(C(=C)CCC(F)(F)F)CC1. The largest absolute Gasteiger partial charge is 0.399 e. The molecule has 0 spiro atoms. The van der Waals surface area contributed by atoms with Crippen molar-refractivity contribution in [2.45, 2.75) is 57.3 Å². The Morgan fingerprint density at radius 2 is 1.58 bits per heavy atom. The molecule has 3 rings (SSSR count). The Hall–Kier alpha value is -1.96. The summed E-state index contributed by atoms with van der Waals surface area (Å²) in [7, 11) is 0. The molecule has 1 saturated carbocycles. The van der Waals surface area contributed by atoms with E-state index in [1.165, 1.54) is 12.1 Å². The van der Waals surface area contributed by atoms with E-state index in [-0.39, 0.29) is 39.0 Å². The van der Waals surface area contributed by atoms with E-state index in [2.05, 4.69) is 13.2 Å². The van der Waals surface area contributed by atoms with Gasteiger partial charge < -0.3 is 0 Å². The van der Waals surface area contributed by atoms with Crippen LogP contribution in [-0.2, 0) is 6.42 Å². The Kier molecular flexibility index (Phi) is 9.06. The lowest BCUT2D eigenvalue weighted by molar-refractivity contribution is -0.139. The van der Waals surface area contributed by atoms with Crippen LogP contribution < -0.4 is 0 Å². The summed E-state index contributed by atoms with van der Waals surface area (Å²) in [6.07, 6.45) is -8.44. The van der Waals surface area contributed by atoms with Crippen LogP contribution in [0.2, 0.25) is 15.1 Å². The molecular weight excluding hydrogens is 576 g/mol. The van der Waals surface area contributed by atoms with E-state index in [1.54, 1.807) is 13.0 Å². The van der Waals surface area contributed by atoms with Crippen molar-refractivity contribution in [2.24, 2.45) is 5.41 Å². The number of halogens is 10. The molecule has 1 aliphatic carbocycles. The smallest absolute Gasteiger partial charge is 0.207 e. The van der Waals surface area contributed by atoms with Crippen molar-refractivity contribution in [1.29, 1.82) is 0 Å². The highest BCUT2D eigenvalue weighted by atomic mass is 35.5. The second-order valence-electron chi connectivity index (χ2n) is 9.66. The summed E-state index contributed by atoms with van der Waals surface area (Å²) >= 11 is 17.6. The molecule has 0 nitrogen and oxygen atoms in total. The first kappa shape index (κ1) is 30.6. The molecule has 1 unspecified atom stereocenters. The maximum Gasteiger partial charge on any atom is 0.399 e. The first-order valence-corrected chi connectivity index (χ1v) is 12.7. The third kappa shape index (κ3) is 7.36. The van der Waals surface area contributed by atoms with Gasteiger partial charge in [0.2, 0.25) is 0 Å². The van der Waals surface area contributed by atoms with Gasteiger partial charge in [-0.15, -0.1) is 0 Å². The third-order valence-electron chi connectivity index (χ3n) is 6.71. The molecule has 0 radical (unpaired) electrons. The first-order chi connectivity index (χ1) is 17.4. The van der Waals surface area contributed by atoms with Crippen LogP contribution in [0.25, 0.3) is 11.4 Å². The minimum Gasteiger partial charge on any atom is -0.207 e. The first-order valence-electron chi connectivity index (χ1n) is 11.6. The van der Waals surface area contributed by atoms with Crippen LogP contribution in [0.1, 0.15) is 60.8 Å². The fraction of sp³-hybridized carbons (Fsp3) is 0.357. The van der Waals surface area contributed by atoms with Gasteiger partial charge in [0, 0.05) is 12.0 Å². The lowest BCUT2D eigenvalue weighted by Crippen LogP contribution is -2.19. The summed E-state index contributed by atoms with van der Waals surface area (Å²) < 4.78 is 95.4. The molecule has 2 aromatic carbocycles. The van der Waals surface area contributed by atoms with E-state index < -0.39 is 35.9 Å². The molecule has 1 aliphatic rings. The molecule has 1 atom stereocenters. The van der Waals surface area contributed by atoms with Gasteiger partial charge in [-0.25, -0.2) is 4.39 Å². The molecule has 0 saturated heterocycles. The average molecular weight is 600 g/mol. The highest BCUT2D eigenvalue weighted by Gasteiger charge is 2.46. The molecule has 0 bridgehead atoms. The Morgan fingerprint density at radius 1 is 1.00 bits per heavy atom. The van der Waals surface area contributed by atoms with Gasteiger partial charge in [0.25, 0.3) is 0 Å². The lowest BCUT2D eigenvalue weighted by Gasteiger charge is -2.22. The third-order valence-corrected chi connectivity index (χ3v) is 7.91. The van der Waals surface area contributed by atoms with Gasteiger partial charge in [-0.05, 0) is 79.0 Å². The molecule has 38 heavy (non-hydrogen) atoms. The number of alkyl halides is 6. The second kappa shape index (κ2) is 11.3. The molecule has 0 heterocycles. The van der Waals surface area contributed by atoms with Gasteiger partial charge in [0.05, 0.1) is 15.1 Å². The molecule has 206 valence electrons. The number of hydrogen-bond acceptors (Lipinski definition) is 0. The minimum atomic E-state index is -4.87. The molecule has 0 amide bonds.